The van der Waals surface area contributed by atoms with Crippen molar-refractivity contribution in [1.29, 1.82) is 0 Å². The molecule has 10 nitrogen and oxygen atoms in total. The van der Waals surface area contributed by atoms with Crippen LogP contribution in [0, 0.1) is 46.3 Å². The van der Waals surface area contributed by atoms with Crippen molar-refractivity contribution >= 4 is 23.9 Å². The summed E-state index contributed by atoms with van der Waals surface area (Å²) in [4.78, 5) is 47.9. The predicted molar refractivity (Wildman–Crippen MR) is 164 cm³/mol. The van der Waals surface area contributed by atoms with Crippen LogP contribution in [0.5, 0.6) is 0 Å². The van der Waals surface area contributed by atoms with Crippen LogP contribution in [-0.4, -0.2) is 70.7 Å². The zero-order valence-electron chi connectivity index (χ0n) is 28.5. The number of aliphatic hydroxyl groups is 2. The van der Waals surface area contributed by atoms with E-state index in [-0.39, 0.29) is 54.1 Å². The topological polar surface area (TPSA) is 146 Å². The van der Waals surface area contributed by atoms with Crippen LogP contribution in [0.4, 0.5) is 0 Å². The van der Waals surface area contributed by atoms with Crippen molar-refractivity contribution in [1.82, 2.24) is 0 Å². The molecule has 0 aromatic rings. The molecule has 256 valence electrons. The quantitative estimate of drug-likeness (QED) is 0.254. The van der Waals surface area contributed by atoms with Crippen LogP contribution in [0.15, 0.2) is 0 Å². The number of hydrogen-bond donors (Lipinski definition) is 2. The highest BCUT2D eigenvalue weighted by Gasteiger charge is 2.74. The molecule has 0 aromatic carbocycles. The first-order valence-corrected chi connectivity index (χ1v) is 17.0. The Morgan fingerprint density at radius 2 is 1.47 bits per heavy atom. The van der Waals surface area contributed by atoms with Gasteiger partial charge in [0.2, 0.25) is 0 Å². The average molecular weight is 637 g/mol. The highest BCUT2D eigenvalue weighted by molar-refractivity contribution is 5.67. The number of rotatable bonds is 10. The fraction of sp³-hybridized carbons (Fsp3) is 0.886. The first kappa shape index (κ1) is 35.7. The molecule has 4 aliphatic carbocycles. The molecule has 4 fully saturated rings. The monoisotopic (exact) mass is 636 g/mol. The van der Waals surface area contributed by atoms with Gasteiger partial charge in [-0.3, -0.25) is 19.2 Å². The van der Waals surface area contributed by atoms with E-state index in [1.54, 1.807) is 0 Å². The van der Waals surface area contributed by atoms with Crippen molar-refractivity contribution in [2.75, 3.05) is 6.61 Å². The maximum absolute atomic E-state index is 13.1. The van der Waals surface area contributed by atoms with E-state index in [1.165, 1.54) is 27.7 Å². The summed E-state index contributed by atoms with van der Waals surface area (Å²) < 4.78 is 22.7. The zero-order valence-corrected chi connectivity index (χ0v) is 28.5. The highest BCUT2D eigenvalue weighted by Crippen LogP contribution is 2.70. The molecule has 0 heterocycles. The van der Waals surface area contributed by atoms with Crippen molar-refractivity contribution in [3.8, 4) is 0 Å². The van der Waals surface area contributed by atoms with Gasteiger partial charge in [0, 0.05) is 46.0 Å². The third-order valence-electron chi connectivity index (χ3n) is 12.3. The van der Waals surface area contributed by atoms with Gasteiger partial charge in [0.1, 0.15) is 18.3 Å². The molecule has 0 bridgehead atoms. The van der Waals surface area contributed by atoms with Crippen LogP contribution in [0.1, 0.15) is 113 Å². The van der Waals surface area contributed by atoms with Gasteiger partial charge in [-0.2, -0.15) is 0 Å². The molecule has 0 aromatic heterocycles. The maximum atomic E-state index is 13.1. The second-order valence-electron chi connectivity index (χ2n) is 15.4. The summed E-state index contributed by atoms with van der Waals surface area (Å²) in [6.45, 7) is 14.4. The standard InChI is InChI=1S/C35H56O10/c1-19(18-42-21(3)36)10-9-11-20(2)29-30(40)31(45-24(6)39)32-34(29,8)15-13-28-33(7)14-12-25(43-22(4)37)16-26(33)27(44-23(5)38)17-35(28,32)41/h19-20,25-32,40-41H,9-18H2,1-8H3/t19?,20-,25+,26-,27+,28-,29+,30-,31+,32-,33+,34-,35+/m1/s1. The lowest BCUT2D eigenvalue weighted by molar-refractivity contribution is -0.269. The van der Waals surface area contributed by atoms with E-state index in [4.69, 9.17) is 18.9 Å². The lowest BCUT2D eigenvalue weighted by Gasteiger charge is -2.66. The molecule has 0 aliphatic heterocycles. The SMILES string of the molecule is CC(=O)OCC(C)CCC[C@@H](C)[C@H]1[C@@H](O)[C@H](OC(C)=O)[C@@H]2[C@]1(C)CC[C@@H]1[C@@]3(C)CC[C@H](OC(C)=O)C[C@@H]3[C@@H](OC(C)=O)C[C@]12O. The Morgan fingerprint density at radius 3 is 2.07 bits per heavy atom. The number of esters is 4. The molecule has 4 rings (SSSR count). The second kappa shape index (κ2) is 13.5. The first-order chi connectivity index (χ1) is 20.9. The molecule has 0 saturated heterocycles. The van der Waals surface area contributed by atoms with Crippen LogP contribution < -0.4 is 0 Å². The number of aliphatic hydroxyl groups excluding tert-OH is 1. The van der Waals surface area contributed by atoms with Crippen molar-refractivity contribution < 1.29 is 48.3 Å². The third-order valence-corrected chi connectivity index (χ3v) is 12.3. The van der Waals surface area contributed by atoms with Crippen LogP contribution in [0.2, 0.25) is 0 Å². The fourth-order valence-electron chi connectivity index (χ4n) is 10.8. The van der Waals surface area contributed by atoms with Gasteiger partial charge in [-0.15, -0.1) is 0 Å². The molecule has 13 atom stereocenters. The molecule has 4 saturated carbocycles. The molecule has 0 spiro atoms. The fourth-order valence-corrected chi connectivity index (χ4v) is 10.8. The summed E-state index contributed by atoms with van der Waals surface area (Å²) in [6, 6.07) is 0. The molecule has 1 unspecified atom stereocenters. The summed E-state index contributed by atoms with van der Waals surface area (Å²) in [5, 5.41) is 25.0. The van der Waals surface area contributed by atoms with Crippen molar-refractivity contribution in [2.45, 2.75) is 143 Å². The first-order valence-electron chi connectivity index (χ1n) is 17.0. The molecule has 0 radical (unpaired) electrons. The van der Waals surface area contributed by atoms with Gasteiger partial charge in [0.05, 0.1) is 18.3 Å². The van der Waals surface area contributed by atoms with Crippen LogP contribution >= 0.6 is 0 Å². The summed E-state index contributed by atoms with van der Waals surface area (Å²) >= 11 is 0. The van der Waals surface area contributed by atoms with E-state index in [2.05, 4.69) is 27.7 Å². The smallest absolute Gasteiger partial charge is 0.303 e. The van der Waals surface area contributed by atoms with Crippen LogP contribution in [0.3, 0.4) is 0 Å². The minimum absolute atomic E-state index is 0.0736. The lowest BCUT2D eigenvalue weighted by Crippen LogP contribution is -2.69. The van der Waals surface area contributed by atoms with Crippen LogP contribution in [0.25, 0.3) is 0 Å². The third kappa shape index (κ3) is 6.92. The number of ether oxygens (including phenoxy) is 4. The summed E-state index contributed by atoms with van der Waals surface area (Å²) in [5.41, 5.74) is -2.31. The second-order valence-corrected chi connectivity index (χ2v) is 15.4. The van der Waals surface area contributed by atoms with Gasteiger partial charge in [0.25, 0.3) is 0 Å². The van der Waals surface area contributed by atoms with Crippen molar-refractivity contribution in [2.24, 2.45) is 46.3 Å². The molecule has 2 N–H and O–H groups in total. The van der Waals surface area contributed by atoms with Crippen molar-refractivity contribution in [3.63, 3.8) is 0 Å². The number of carbonyl (C=O) groups excluding carboxylic acids is 4. The maximum Gasteiger partial charge on any atom is 0.303 e. The number of hydrogen-bond acceptors (Lipinski definition) is 10. The number of fused-ring (bicyclic) bond motifs is 5. The van der Waals surface area contributed by atoms with Gasteiger partial charge in [-0.25, -0.2) is 0 Å². The van der Waals surface area contributed by atoms with Crippen LogP contribution in [-0.2, 0) is 38.1 Å². The Morgan fingerprint density at radius 1 is 0.844 bits per heavy atom. The van der Waals surface area contributed by atoms with Gasteiger partial charge in [-0.05, 0) is 73.0 Å². The van der Waals surface area contributed by atoms with E-state index in [9.17, 15) is 29.4 Å². The van der Waals surface area contributed by atoms with E-state index < -0.39 is 52.6 Å². The minimum atomic E-state index is -1.36. The Kier molecular flexibility index (Phi) is 10.7. The Hall–Kier alpha value is -2.20. The summed E-state index contributed by atoms with van der Waals surface area (Å²) in [6.07, 6.45) is 3.39. The van der Waals surface area contributed by atoms with Crippen molar-refractivity contribution in [3.05, 3.63) is 0 Å². The highest BCUT2D eigenvalue weighted by atomic mass is 16.6. The normalized spacial score (nSPS) is 41.8. The zero-order chi connectivity index (χ0) is 33.5. The Labute approximate surface area is 268 Å². The van der Waals surface area contributed by atoms with Gasteiger partial charge < -0.3 is 29.2 Å². The molecule has 45 heavy (non-hydrogen) atoms. The van der Waals surface area contributed by atoms with E-state index in [0.717, 1.165) is 32.1 Å². The largest absolute Gasteiger partial charge is 0.466 e. The molecule has 10 heteroatoms. The van der Waals surface area contributed by atoms with E-state index in [0.29, 0.717) is 25.9 Å². The average Bonchev–Trinajstić information content (AvgIpc) is 3.13. The molecule has 4 aliphatic rings. The Balaban J connectivity index is 1.66. The van der Waals surface area contributed by atoms with Gasteiger partial charge >= 0.3 is 23.9 Å². The predicted octanol–water partition coefficient (Wildman–Crippen LogP) is 4.75. The molecule has 0 amide bonds. The van der Waals surface area contributed by atoms with E-state index in [1.807, 2.05) is 0 Å². The lowest BCUT2D eigenvalue weighted by atomic mass is 9.41. The summed E-state index contributed by atoms with van der Waals surface area (Å²) in [5.74, 6) is -2.35. The molecular formula is C35H56O10. The van der Waals surface area contributed by atoms with E-state index >= 15 is 0 Å². The summed E-state index contributed by atoms with van der Waals surface area (Å²) in [7, 11) is 0. The minimum Gasteiger partial charge on any atom is -0.466 e. The van der Waals surface area contributed by atoms with Gasteiger partial charge in [-0.1, -0.05) is 40.5 Å². The number of carbonyl (C=O) groups is 4. The Bertz CT molecular complexity index is 1120. The molecular weight excluding hydrogens is 580 g/mol. The van der Waals surface area contributed by atoms with Gasteiger partial charge in [0.15, 0.2) is 0 Å².